The first kappa shape index (κ1) is 29.4. The first-order chi connectivity index (χ1) is 19.2. The van der Waals surface area contributed by atoms with Gasteiger partial charge in [0.15, 0.2) is 0 Å². The predicted octanol–water partition coefficient (Wildman–Crippen LogP) is 7.68. The van der Waals surface area contributed by atoms with E-state index in [-0.39, 0.29) is 18.0 Å². The second-order valence-electron chi connectivity index (χ2n) is 9.08. The van der Waals surface area contributed by atoms with E-state index in [1.54, 1.807) is 11.0 Å². The van der Waals surface area contributed by atoms with Gasteiger partial charge in [0.25, 0.3) is 5.91 Å². The Morgan fingerprint density at radius 2 is 1.73 bits per heavy atom. The highest BCUT2D eigenvalue weighted by molar-refractivity contribution is 8.26. The number of unbranched alkanes of at least 4 members (excludes halogenated alkanes) is 2. The minimum absolute atomic E-state index is 0.0766. The average Bonchev–Trinajstić information content (AvgIpc) is 3.19. The van der Waals surface area contributed by atoms with E-state index in [1.807, 2.05) is 54.6 Å². The Bertz CT molecular complexity index is 1390. The molecule has 10 heteroatoms. The lowest BCUT2D eigenvalue weighted by Gasteiger charge is -2.14. The fourth-order valence-corrected chi connectivity index (χ4v) is 5.37. The SMILES string of the molecule is O=C(CCCCCN1C(=O)/C(=C/c2cccc(OCc3ccccc3)c2)SC1=S)Nc1ccccc1C(F)(F)F. The van der Waals surface area contributed by atoms with Crippen molar-refractivity contribution in [2.24, 2.45) is 0 Å². The van der Waals surface area contributed by atoms with Gasteiger partial charge in [-0.05, 0) is 54.3 Å². The van der Waals surface area contributed by atoms with Crippen LogP contribution < -0.4 is 10.1 Å². The summed E-state index contributed by atoms with van der Waals surface area (Å²) in [7, 11) is 0. The number of para-hydroxylation sites is 1. The van der Waals surface area contributed by atoms with Crippen LogP contribution in [-0.4, -0.2) is 27.6 Å². The van der Waals surface area contributed by atoms with Crippen LogP contribution in [0.2, 0.25) is 0 Å². The number of rotatable bonds is 11. The number of thiocarbonyl (C=S) groups is 1. The molecule has 2 amide bonds. The zero-order valence-corrected chi connectivity index (χ0v) is 23.1. The molecule has 40 heavy (non-hydrogen) atoms. The second-order valence-corrected chi connectivity index (χ2v) is 10.8. The number of amides is 2. The molecular formula is C30H27F3N2O3S2. The van der Waals surface area contributed by atoms with Crippen molar-refractivity contribution in [2.75, 3.05) is 11.9 Å². The van der Waals surface area contributed by atoms with Crippen molar-refractivity contribution in [3.05, 3.63) is 100 Å². The number of alkyl halides is 3. The van der Waals surface area contributed by atoms with Gasteiger partial charge in [0, 0.05) is 13.0 Å². The molecule has 0 unspecified atom stereocenters. The highest BCUT2D eigenvalue weighted by atomic mass is 32.2. The van der Waals surface area contributed by atoms with Crippen LogP contribution in [0.4, 0.5) is 18.9 Å². The van der Waals surface area contributed by atoms with Crippen LogP contribution in [0.15, 0.2) is 83.8 Å². The average molecular weight is 585 g/mol. The van der Waals surface area contributed by atoms with Gasteiger partial charge in [-0.2, -0.15) is 13.2 Å². The summed E-state index contributed by atoms with van der Waals surface area (Å²) in [6.07, 6.45) is -0.986. The Hall–Kier alpha value is -3.63. The van der Waals surface area contributed by atoms with Crippen LogP contribution in [-0.2, 0) is 22.4 Å². The number of nitrogens with zero attached hydrogens (tertiary/aromatic N) is 1. The maximum Gasteiger partial charge on any atom is 0.418 e. The quantitative estimate of drug-likeness (QED) is 0.142. The highest BCUT2D eigenvalue weighted by Crippen LogP contribution is 2.35. The van der Waals surface area contributed by atoms with Crippen molar-refractivity contribution < 1.29 is 27.5 Å². The Labute approximate surface area is 240 Å². The van der Waals surface area contributed by atoms with Crippen molar-refractivity contribution >= 4 is 51.9 Å². The molecule has 3 aromatic carbocycles. The van der Waals surface area contributed by atoms with E-state index >= 15 is 0 Å². The predicted molar refractivity (Wildman–Crippen MR) is 156 cm³/mol. The van der Waals surface area contributed by atoms with E-state index < -0.39 is 17.6 Å². The molecule has 1 saturated heterocycles. The van der Waals surface area contributed by atoms with Gasteiger partial charge in [0.05, 0.1) is 16.2 Å². The van der Waals surface area contributed by atoms with Crippen LogP contribution in [0.5, 0.6) is 5.75 Å². The van der Waals surface area contributed by atoms with E-state index in [2.05, 4.69) is 5.32 Å². The topological polar surface area (TPSA) is 58.6 Å². The smallest absolute Gasteiger partial charge is 0.418 e. The summed E-state index contributed by atoms with van der Waals surface area (Å²) in [4.78, 5) is 27.2. The zero-order chi connectivity index (χ0) is 28.5. The number of halogens is 3. The normalized spacial score (nSPS) is 14.6. The Morgan fingerprint density at radius 3 is 2.50 bits per heavy atom. The van der Waals surface area contributed by atoms with Gasteiger partial charge >= 0.3 is 6.18 Å². The van der Waals surface area contributed by atoms with Crippen molar-refractivity contribution in [3.63, 3.8) is 0 Å². The van der Waals surface area contributed by atoms with Crippen LogP contribution in [0.3, 0.4) is 0 Å². The fraction of sp³-hybridized carbons (Fsp3) is 0.233. The van der Waals surface area contributed by atoms with E-state index in [0.29, 0.717) is 47.4 Å². The lowest BCUT2D eigenvalue weighted by atomic mass is 10.1. The standard InChI is InChI=1S/C30H27F3N2O3S2/c31-30(32,33)24-14-6-7-15-25(24)34-27(36)16-5-2-8-17-35-28(37)26(40-29(35)39)19-22-12-9-13-23(18-22)38-20-21-10-3-1-4-11-21/h1,3-4,6-7,9-15,18-19H,2,5,8,16-17,20H2,(H,34,36)/b26-19-. The summed E-state index contributed by atoms with van der Waals surface area (Å²) in [6.45, 7) is 0.843. The third kappa shape index (κ3) is 8.19. The molecule has 1 N–H and O–H groups in total. The number of nitrogens with one attached hydrogen (secondary N) is 1. The first-order valence-electron chi connectivity index (χ1n) is 12.7. The molecule has 0 spiro atoms. The summed E-state index contributed by atoms with van der Waals surface area (Å²) in [5, 5.41) is 2.35. The van der Waals surface area contributed by atoms with Gasteiger partial charge in [0.1, 0.15) is 16.7 Å². The number of hydrogen-bond acceptors (Lipinski definition) is 5. The van der Waals surface area contributed by atoms with E-state index in [1.165, 1.54) is 30.0 Å². The maximum atomic E-state index is 13.1. The van der Waals surface area contributed by atoms with Crippen molar-refractivity contribution in [3.8, 4) is 5.75 Å². The zero-order valence-electron chi connectivity index (χ0n) is 21.4. The van der Waals surface area contributed by atoms with Gasteiger partial charge in [-0.25, -0.2) is 0 Å². The lowest BCUT2D eigenvalue weighted by molar-refractivity contribution is -0.137. The van der Waals surface area contributed by atoms with Gasteiger partial charge in [0.2, 0.25) is 5.91 Å². The van der Waals surface area contributed by atoms with Crippen molar-refractivity contribution in [2.45, 2.75) is 38.5 Å². The summed E-state index contributed by atoms with van der Waals surface area (Å²) < 4.78 is 45.7. The van der Waals surface area contributed by atoms with Crippen molar-refractivity contribution in [1.82, 2.24) is 4.90 Å². The van der Waals surface area contributed by atoms with Crippen molar-refractivity contribution in [1.29, 1.82) is 0 Å². The maximum absolute atomic E-state index is 13.1. The highest BCUT2D eigenvalue weighted by Gasteiger charge is 2.33. The van der Waals surface area contributed by atoms with Crippen LogP contribution >= 0.6 is 24.0 Å². The Balaban J connectivity index is 1.23. The summed E-state index contributed by atoms with van der Waals surface area (Å²) in [5.74, 6) is 0.0337. The van der Waals surface area contributed by atoms with E-state index in [4.69, 9.17) is 17.0 Å². The molecule has 0 saturated carbocycles. The molecule has 0 aliphatic carbocycles. The van der Waals surface area contributed by atoms with Crippen LogP contribution in [0.25, 0.3) is 6.08 Å². The lowest BCUT2D eigenvalue weighted by Crippen LogP contribution is -2.29. The minimum Gasteiger partial charge on any atom is -0.489 e. The number of thioether (sulfide) groups is 1. The third-order valence-electron chi connectivity index (χ3n) is 6.07. The van der Waals surface area contributed by atoms with Crippen LogP contribution in [0, 0.1) is 0 Å². The number of ether oxygens (including phenoxy) is 1. The monoisotopic (exact) mass is 584 g/mol. The summed E-state index contributed by atoms with van der Waals surface area (Å²) >= 11 is 6.65. The molecule has 208 valence electrons. The molecule has 1 aliphatic heterocycles. The van der Waals surface area contributed by atoms with E-state index in [0.717, 1.165) is 17.2 Å². The van der Waals surface area contributed by atoms with Gasteiger partial charge in [-0.1, -0.05) is 85.0 Å². The molecule has 1 heterocycles. The molecule has 3 aromatic rings. The summed E-state index contributed by atoms with van der Waals surface area (Å²) in [5.41, 5.74) is 0.750. The Morgan fingerprint density at radius 1 is 0.975 bits per heavy atom. The number of carbonyl (C=O) groups excluding carboxylic acids is 2. The van der Waals surface area contributed by atoms with Crippen LogP contribution in [0.1, 0.15) is 42.4 Å². The molecule has 1 fully saturated rings. The fourth-order valence-electron chi connectivity index (χ4n) is 4.06. The number of anilines is 1. The number of benzene rings is 3. The molecule has 0 atom stereocenters. The van der Waals surface area contributed by atoms with Gasteiger partial charge < -0.3 is 10.1 Å². The minimum atomic E-state index is -4.55. The summed E-state index contributed by atoms with van der Waals surface area (Å²) in [6, 6.07) is 22.2. The Kier molecular flexibility index (Phi) is 10.0. The molecule has 5 nitrogen and oxygen atoms in total. The molecule has 1 aliphatic rings. The second kappa shape index (κ2) is 13.6. The molecular weight excluding hydrogens is 557 g/mol. The number of hydrogen-bond donors (Lipinski definition) is 1. The molecule has 0 aromatic heterocycles. The third-order valence-corrected chi connectivity index (χ3v) is 7.45. The first-order valence-corrected chi connectivity index (χ1v) is 13.9. The number of carbonyl (C=O) groups is 2. The van der Waals surface area contributed by atoms with E-state index in [9.17, 15) is 22.8 Å². The molecule has 4 rings (SSSR count). The van der Waals surface area contributed by atoms with Gasteiger partial charge in [-0.15, -0.1) is 0 Å². The largest absolute Gasteiger partial charge is 0.489 e. The molecule has 0 radical (unpaired) electrons. The molecule has 0 bridgehead atoms. The van der Waals surface area contributed by atoms with Gasteiger partial charge in [-0.3, -0.25) is 14.5 Å².